The van der Waals surface area contributed by atoms with Crippen molar-refractivity contribution in [3.8, 4) is 0 Å². The van der Waals surface area contributed by atoms with Crippen LogP contribution in [-0.2, 0) is 26.0 Å². The van der Waals surface area contributed by atoms with Gasteiger partial charge in [0.2, 0.25) is 21.8 Å². The van der Waals surface area contributed by atoms with Crippen molar-refractivity contribution in [2.75, 3.05) is 24.5 Å². The number of hydrogen-bond donors (Lipinski definition) is 1. The zero-order valence-corrected chi connectivity index (χ0v) is 19.8. The van der Waals surface area contributed by atoms with Gasteiger partial charge in [-0.05, 0) is 61.8 Å². The highest BCUT2D eigenvalue weighted by Crippen LogP contribution is 2.32. The van der Waals surface area contributed by atoms with Gasteiger partial charge in [0.15, 0.2) is 0 Å². The molecule has 0 spiro atoms. The van der Waals surface area contributed by atoms with Crippen molar-refractivity contribution < 1.29 is 18.0 Å². The fourth-order valence-electron chi connectivity index (χ4n) is 5.09. The maximum absolute atomic E-state index is 13.1. The summed E-state index contributed by atoms with van der Waals surface area (Å²) < 4.78 is 27.8. The van der Waals surface area contributed by atoms with Gasteiger partial charge in [-0.1, -0.05) is 32.6 Å². The summed E-state index contributed by atoms with van der Waals surface area (Å²) in [5, 5.41) is 3.10. The molecule has 2 aliphatic heterocycles. The summed E-state index contributed by atoms with van der Waals surface area (Å²) >= 11 is 0. The van der Waals surface area contributed by atoms with Crippen LogP contribution >= 0.6 is 0 Å². The van der Waals surface area contributed by atoms with E-state index >= 15 is 0 Å². The Morgan fingerprint density at radius 2 is 1.72 bits per heavy atom. The molecule has 176 valence electrons. The molecule has 0 aromatic heterocycles. The molecule has 32 heavy (non-hydrogen) atoms. The fourth-order valence-corrected chi connectivity index (χ4v) is 6.61. The largest absolute Gasteiger partial charge is 0.352 e. The molecule has 4 rings (SSSR count). The number of nitrogens with zero attached hydrogens (tertiary/aromatic N) is 2. The minimum absolute atomic E-state index is 0.0154. The number of rotatable bonds is 5. The van der Waals surface area contributed by atoms with E-state index in [0.29, 0.717) is 31.1 Å². The predicted molar refractivity (Wildman–Crippen MR) is 124 cm³/mol. The summed E-state index contributed by atoms with van der Waals surface area (Å²) in [5.41, 5.74) is 1.47. The lowest BCUT2D eigenvalue weighted by molar-refractivity contribution is -0.124. The average molecular weight is 462 g/mol. The van der Waals surface area contributed by atoms with Crippen LogP contribution in [0, 0.1) is 5.92 Å². The maximum Gasteiger partial charge on any atom is 0.243 e. The Bertz CT molecular complexity index is 946. The molecule has 1 aliphatic carbocycles. The predicted octanol–water partition coefficient (Wildman–Crippen LogP) is 3.23. The van der Waals surface area contributed by atoms with Crippen LogP contribution in [-0.4, -0.2) is 50.2 Å². The van der Waals surface area contributed by atoms with Gasteiger partial charge in [-0.3, -0.25) is 9.59 Å². The lowest BCUT2D eigenvalue weighted by Gasteiger charge is -2.31. The third kappa shape index (κ3) is 5.17. The third-order valence-electron chi connectivity index (χ3n) is 7.15. The molecule has 3 aliphatic rings. The Balaban J connectivity index is 1.48. The monoisotopic (exact) mass is 461 g/mol. The van der Waals surface area contributed by atoms with Gasteiger partial charge in [-0.2, -0.15) is 4.31 Å². The number of amides is 2. The number of carbonyl (C=O) groups excluding carboxylic acids is 2. The van der Waals surface area contributed by atoms with E-state index in [9.17, 15) is 18.0 Å². The molecule has 2 fully saturated rings. The van der Waals surface area contributed by atoms with Crippen LogP contribution in [0.3, 0.4) is 0 Å². The molecule has 1 saturated carbocycles. The summed E-state index contributed by atoms with van der Waals surface area (Å²) in [6, 6.07) is 5.17. The molecule has 1 saturated heterocycles. The Morgan fingerprint density at radius 3 is 2.41 bits per heavy atom. The molecular formula is C24H35N3O4S. The average Bonchev–Trinajstić information content (AvgIpc) is 3.04. The van der Waals surface area contributed by atoms with E-state index in [1.807, 2.05) is 0 Å². The minimum atomic E-state index is -3.55. The van der Waals surface area contributed by atoms with E-state index in [4.69, 9.17) is 0 Å². The van der Waals surface area contributed by atoms with E-state index in [1.165, 1.54) is 17.7 Å². The van der Waals surface area contributed by atoms with E-state index in [2.05, 4.69) is 12.2 Å². The van der Waals surface area contributed by atoms with Crippen LogP contribution in [0.15, 0.2) is 23.1 Å². The van der Waals surface area contributed by atoms with Gasteiger partial charge < -0.3 is 10.2 Å². The first-order valence-corrected chi connectivity index (χ1v) is 13.5. The van der Waals surface area contributed by atoms with Gasteiger partial charge in [-0.15, -0.1) is 0 Å². The quantitative estimate of drug-likeness (QED) is 0.682. The molecule has 0 bridgehead atoms. The number of hydrogen-bond acceptors (Lipinski definition) is 4. The first-order valence-electron chi connectivity index (χ1n) is 12.1. The zero-order chi connectivity index (χ0) is 22.7. The number of aryl methyl sites for hydroxylation is 1. The van der Waals surface area contributed by atoms with Crippen LogP contribution in [0.5, 0.6) is 0 Å². The zero-order valence-electron chi connectivity index (χ0n) is 19.0. The maximum atomic E-state index is 13.1. The van der Waals surface area contributed by atoms with Gasteiger partial charge in [0.1, 0.15) is 6.54 Å². The molecule has 1 N–H and O–H groups in total. The number of anilines is 1. The normalized spacial score (nSPS) is 21.8. The molecule has 1 aromatic rings. The molecule has 0 atom stereocenters. The first-order chi connectivity index (χ1) is 15.3. The van der Waals surface area contributed by atoms with E-state index in [0.717, 1.165) is 44.1 Å². The Labute approximate surface area is 191 Å². The van der Waals surface area contributed by atoms with Crippen LogP contribution in [0.2, 0.25) is 0 Å². The number of fused-ring (bicyclic) bond motifs is 1. The Kier molecular flexibility index (Phi) is 7.20. The Hall–Kier alpha value is -1.93. The number of piperidine rings is 1. The van der Waals surface area contributed by atoms with Crippen LogP contribution < -0.4 is 10.2 Å². The first kappa shape index (κ1) is 23.2. The third-order valence-corrected chi connectivity index (χ3v) is 9.05. The lowest BCUT2D eigenvalue weighted by atomic mass is 10.0. The molecular weight excluding hydrogens is 426 g/mol. The number of benzene rings is 1. The lowest BCUT2D eigenvalue weighted by Crippen LogP contribution is -2.45. The van der Waals surface area contributed by atoms with Gasteiger partial charge in [0, 0.05) is 31.2 Å². The van der Waals surface area contributed by atoms with Crippen molar-refractivity contribution in [1.29, 1.82) is 0 Å². The second-order valence-corrected chi connectivity index (χ2v) is 11.6. The topological polar surface area (TPSA) is 86.8 Å². The minimum Gasteiger partial charge on any atom is -0.352 e. The number of sulfonamides is 1. The summed E-state index contributed by atoms with van der Waals surface area (Å²) in [7, 11) is -3.55. The highest BCUT2D eigenvalue weighted by molar-refractivity contribution is 7.89. The standard InChI is InChI=1S/C24H35N3O4S/c1-18-12-14-26(15-13-18)32(30,31)21-9-10-22-19(16-21)8-11-24(29)27(22)17-23(28)25-20-6-4-2-3-5-7-20/h9-10,16,18,20H,2-8,11-15,17H2,1H3,(H,25,28). The Morgan fingerprint density at radius 1 is 1.03 bits per heavy atom. The van der Waals surface area contributed by atoms with E-state index < -0.39 is 10.0 Å². The van der Waals surface area contributed by atoms with Crippen molar-refractivity contribution >= 4 is 27.5 Å². The highest BCUT2D eigenvalue weighted by atomic mass is 32.2. The summed E-state index contributed by atoms with van der Waals surface area (Å²) in [4.78, 5) is 27.1. The van der Waals surface area contributed by atoms with Crippen molar-refractivity contribution in [3.05, 3.63) is 23.8 Å². The van der Waals surface area contributed by atoms with Crippen molar-refractivity contribution in [3.63, 3.8) is 0 Å². The molecule has 0 unspecified atom stereocenters. The summed E-state index contributed by atoms with van der Waals surface area (Å²) in [6.45, 7) is 3.23. The number of carbonyl (C=O) groups is 2. The van der Waals surface area contributed by atoms with E-state index in [1.54, 1.807) is 22.5 Å². The second-order valence-electron chi connectivity index (χ2n) is 9.61. The number of nitrogens with one attached hydrogen (secondary N) is 1. The van der Waals surface area contributed by atoms with Gasteiger partial charge in [0.05, 0.1) is 4.90 Å². The van der Waals surface area contributed by atoms with Crippen LogP contribution in [0.1, 0.15) is 70.3 Å². The summed E-state index contributed by atoms with van der Waals surface area (Å²) in [6.07, 6.45) is 9.21. The molecule has 2 heterocycles. The fraction of sp³-hybridized carbons (Fsp3) is 0.667. The van der Waals surface area contributed by atoms with E-state index in [-0.39, 0.29) is 35.7 Å². The smallest absolute Gasteiger partial charge is 0.243 e. The van der Waals surface area contributed by atoms with Crippen molar-refractivity contribution in [2.45, 2.75) is 82.1 Å². The SMILES string of the molecule is CC1CCN(S(=O)(=O)c2ccc3c(c2)CCC(=O)N3CC(=O)NC2CCCCCC2)CC1. The highest BCUT2D eigenvalue weighted by Gasteiger charge is 2.31. The molecule has 1 aromatic carbocycles. The van der Waals surface area contributed by atoms with Crippen molar-refractivity contribution in [2.24, 2.45) is 5.92 Å². The molecule has 2 amide bonds. The summed E-state index contributed by atoms with van der Waals surface area (Å²) in [5.74, 6) is 0.320. The van der Waals surface area contributed by atoms with Crippen LogP contribution in [0.25, 0.3) is 0 Å². The van der Waals surface area contributed by atoms with Crippen LogP contribution in [0.4, 0.5) is 5.69 Å². The molecule has 0 radical (unpaired) electrons. The van der Waals surface area contributed by atoms with Gasteiger partial charge in [-0.25, -0.2) is 8.42 Å². The second kappa shape index (κ2) is 9.91. The van der Waals surface area contributed by atoms with Gasteiger partial charge >= 0.3 is 0 Å². The molecule has 8 heteroatoms. The van der Waals surface area contributed by atoms with Gasteiger partial charge in [0.25, 0.3) is 0 Å². The molecule has 7 nitrogen and oxygen atoms in total. The van der Waals surface area contributed by atoms with Crippen molar-refractivity contribution in [1.82, 2.24) is 9.62 Å².